The van der Waals surface area contributed by atoms with E-state index in [9.17, 15) is 4.79 Å². The van der Waals surface area contributed by atoms with Gasteiger partial charge in [-0.2, -0.15) is 0 Å². The van der Waals surface area contributed by atoms with Crippen LogP contribution in [0.1, 0.15) is 0 Å². The number of nitrogens with zero attached hydrogens (tertiary/aromatic N) is 1. The van der Waals surface area contributed by atoms with Crippen molar-refractivity contribution in [2.75, 3.05) is 19.6 Å². The Kier molecular flexibility index (Phi) is 2.43. The first-order valence-electron chi connectivity index (χ1n) is 3.46. The normalized spacial score (nSPS) is 24.7. The lowest BCUT2D eigenvalue weighted by Gasteiger charge is -2.29. The lowest BCUT2D eigenvalue weighted by Crippen LogP contribution is -2.52. The summed E-state index contributed by atoms with van der Waals surface area (Å²) in [7, 11) is 0. The molecule has 5 nitrogen and oxygen atoms in total. The summed E-state index contributed by atoms with van der Waals surface area (Å²) >= 11 is 0. The Bertz CT molecular complexity index is 171. The first-order chi connectivity index (χ1) is 5.24. The zero-order chi connectivity index (χ0) is 8.27. The van der Waals surface area contributed by atoms with Crippen molar-refractivity contribution in [2.45, 2.75) is 6.04 Å². The highest BCUT2D eigenvalue weighted by molar-refractivity contribution is 5.68. The number of amides is 1. The zero-order valence-electron chi connectivity index (χ0n) is 6.08. The quantitative estimate of drug-likeness (QED) is 0.453. The Morgan fingerprint density at radius 3 is 3.09 bits per heavy atom. The molecule has 0 aliphatic carbocycles. The van der Waals surface area contributed by atoms with Gasteiger partial charge in [0.25, 0.3) is 0 Å². The van der Waals surface area contributed by atoms with Crippen molar-refractivity contribution in [1.29, 1.82) is 5.41 Å². The summed E-state index contributed by atoms with van der Waals surface area (Å²) in [4.78, 5) is 11.8. The molecule has 1 saturated heterocycles. The van der Waals surface area contributed by atoms with Crippen LogP contribution < -0.4 is 5.32 Å². The molecular formula is C6H11N3O2. The fourth-order valence-electron chi connectivity index (χ4n) is 1.06. The van der Waals surface area contributed by atoms with Crippen LogP contribution in [-0.4, -0.2) is 48.0 Å². The Morgan fingerprint density at radius 2 is 2.55 bits per heavy atom. The first-order valence-corrected chi connectivity index (χ1v) is 3.46. The van der Waals surface area contributed by atoms with Crippen molar-refractivity contribution < 1.29 is 9.90 Å². The molecule has 62 valence electrons. The predicted molar refractivity (Wildman–Crippen MR) is 40.2 cm³/mol. The van der Waals surface area contributed by atoms with E-state index in [1.807, 2.05) is 0 Å². The second-order valence-corrected chi connectivity index (χ2v) is 2.46. The molecular weight excluding hydrogens is 146 g/mol. The summed E-state index contributed by atoms with van der Waals surface area (Å²) in [5.41, 5.74) is 0. The molecule has 1 heterocycles. The van der Waals surface area contributed by atoms with E-state index in [1.54, 1.807) is 0 Å². The molecule has 1 atom stereocenters. The monoisotopic (exact) mass is 157 g/mol. The van der Waals surface area contributed by atoms with Crippen molar-refractivity contribution in [3.05, 3.63) is 0 Å². The second kappa shape index (κ2) is 3.34. The molecule has 1 aliphatic heterocycles. The number of nitrogens with one attached hydrogen (secondary N) is 2. The maximum Gasteiger partial charge on any atom is 0.407 e. The Labute approximate surface area is 64.5 Å². The lowest BCUT2D eigenvalue weighted by atomic mass is 10.2. The highest BCUT2D eigenvalue weighted by Crippen LogP contribution is 1.96. The molecule has 11 heavy (non-hydrogen) atoms. The van der Waals surface area contributed by atoms with E-state index < -0.39 is 6.09 Å². The van der Waals surface area contributed by atoms with Gasteiger partial charge in [0.05, 0.1) is 6.04 Å². The third-order valence-electron chi connectivity index (χ3n) is 1.68. The van der Waals surface area contributed by atoms with Gasteiger partial charge in [0.1, 0.15) is 0 Å². The van der Waals surface area contributed by atoms with E-state index in [1.165, 1.54) is 11.1 Å². The Morgan fingerprint density at radius 1 is 1.82 bits per heavy atom. The van der Waals surface area contributed by atoms with Gasteiger partial charge in [-0.15, -0.1) is 0 Å². The standard InChI is InChI=1S/C6H11N3O2/c7-3-5-4-9(6(10)11)2-1-8-5/h3,5,7-8H,1-2,4H2,(H,10,11)/t5-/m1/s1. The SMILES string of the molecule is N=C[C@@H]1CN(C(=O)O)CCN1. The number of hydrogen-bond acceptors (Lipinski definition) is 3. The zero-order valence-corrected chi connectivity index (χ0v) is 6.08. The van der Waals surface area contributed by atoms with Crippen molar-refractivity contribution in [3.63, 3.8) is 0 Å². The molecule has 1 rings (SSSR count). The van der Waals surface area contributed by atoms with Crippen LogP contribution in [0.2, 0.25) is 0 Å². The van der Waals surface area contributed by atoms with Crippen molar-refractivity contribution >= 4 is 12.3 Å². The molecule has 0 radical (unpaired) electrons. The average Bonchev–Trinajstić information content (AvgIpc) is 2.05. The summed E-state index contributed by atoms with van der Waals surface area (Å²) in [6.07, 6.45) is 0.327. The second-order valence-electron chi connectivity index (χ2n) is 2.46. The predicted octanol–water partition coefficient (Wildman–Crippen LogP) is -0.412. The molecule has 0 spiro atoms. The summed E-state index contributed by atoms with van der Waals surface area (Å²) in [6.45, 7) is 1.53. The van der Waals surface area contributed by atoms with Crippen LogP contribution >= 0.6 is 0 Å². The topological polar surface area (TPSA) is 76.4 Å². The maximum absolute atomic E-state index is 10.4. The van der Waals surface area contributed by atoms with E-state index in [-0.39, 0.29) is 6.04 Å². The van der Waals surface area contributed by atoms with Gasteiger partial charge in [0.2, 0.25) is 0 Å². The fraction of sp³-hybridized carbons (Fsp3) is 0.667. The van der Waals surface area contributed by atoms with Gasteiger partial charge in [-0.25, -0.2) is 4.79 Å². The minimum atomic E-state index is -0.904. The molecule has 0 saturated carbocycles. The smallest absolute Gasteiger partial charge is 0.407 e. The van der Waals surface area contributed by atoms with Crippen molar-refractivity contribution in [2.24, 2.45) is 0 Å². The van der Waals surface area contributed by atoms with Crippen LogP contribution in [-0.2, 0) is 0 Å². The maximum atomic E-state index is 10.4. The molecule has 5 heteroatoms. The Hall–Kier alpha value is -1.10. The van der Waals surface area contributed by atoms with Gasteiger partial charge in [0.15, 0.2) is 0 Å². The molecule has 0 unspecified atom stereocenters. The molecule has 1 fully saturated rings. The van der Waals surface area contributed by atoms with Crippen LogP contribution in [0, 0.1) is 5.41 Å². The summed E-state index contributed by atoms with van der Waals surface area (Å²) in [6, 6.07) is -0.111. The third-order valence-corrected chi connectivity index (χ3v) is 1.68. The van der Waals surface area contributed by atoms with Gasteiger partial charge in [-0.05, 0) is 0 Å². The Balaban J connectivity index is 2.45. The van der Waals surface area contributed by atoms with Crippen LogP contribution in [0.25, 0.3) is 0 Å². The number of piperazine rings is 1. The van der Waals surface area contributed by atoms with Crippen LogP contribution in [0.5, 0.6) is 0 Å². The van der Waals surface area contributed by atoms with Crippen LogP contribution in [0.15, 0.2) is 0 Å². The summed E-state index contributed by atoms with van der Waals surface area (Å²) < 4.78 is 0. The van der Waals surface area contributed by atoms with E-state index >= 15 is 0 Å². The number of rotatable bonds is 1. The molecule has 0 bridgehead atoms. The van der Waals surface area contributed by atoms with Crippen molar-refractivity contribution in [3.8, 4) is 0 Å². The first kappa shape index (κ1) is 8.00. The van der Waals surface area contributed by atoms with Gasteiger partial charge in [-0.1, -0.05) is 0 Å². The fourth-order valence-corrected chi connectivity index (χ4v) is 1.06. The largest absolute Gasteiger partial charge is 0.465 e. The van der Waals surface area contributed by atoms with E-state index in [0.29, 0.717) is 19.6 Å². The average molecular weight is 157 g/mol. The number of carbonyl (C=O) groups is 1. The summed E-state index contributed by atoms with van der Waals surface area (Å²) in [5, 5.41) is 18.5. The molecule has 0 aromatic carbocycles. The lowest BCUT2D eigenvalue weighted by molar-refractivity contribution is 0.135. The summed E-state index contributed by atoms with van der Waals surface area (Å²) in [5.74, 6) is 0. The van der Waals surface area contributed by atoms with Crippen molar-refractivity contribution in [1.82, 2.24) is 10.2 Å². The third kappa shape index (κ3) is 1.91. The van der Waals surface area contributed by atoms with Gasteiger partial charge in [-0.3, -0.25) is 0 Å². The minimum Gasteiger partial charge on any atom is -0.465 e. The molecule has 3 N–H and O–H groups in total. The van der Waals surface area contributed by atoms with Gasteiger partial charge in [0, 0.05) is 25.8 Å². The highest BCUT2D eigenvalue weighted by Gasteiger charge is 2.20. The van der Waals surface area contributed by atoms with E-state index in [4.69, 9.17) is 10.5 Å². The number of hydrogen-bond donors (Lipinski definition) is 3. The highest BCUT2D eigenvalue weighted by atomic mass is 16.4. The van der Waals surface area contributed by atoms with E-state index in [0.717, 1.165) is 0 Å². The molecule has 1 amide bonds. The molecule has 0 aromatic heterocycles. The molecule has 0 aromatic rings. The van der Waals surface area contributed by atoms with Crippen LogP contribution in [0.4, 0.5) is 4.79 Å². The van der Waals surface area contributed by atoms with Gasteiger partial charge >= 0.3 is 6.09 Å². The van der Waals surface area contributed by atoms with E-state index in [2.05, 4.69) is 5.32 Å². The number of carboxylic acid groups (broad SMARTS) is 1. The van der Waals surface area contributed by atoms with Gasteiger partial charge < -0.3 is 20.7 Å². The van der Waals surface area contributed by atoms with Crippen LogP contribution in [0.3, 0.4) is 0 Å². The molecule has 1 aliphatic rings. The minimum absolute atomic E-state index is 0.111.